The fraction of sp³-hybridized carbons (Fsp3) is 0.353. The maximum Gasteiger partial charge on any atom is 0.191 e. The van der Waals surface area contributed by atoms with E-state index in [1.807, 2.05) is 6.92 Å². The molecule has 0 radical (unpaired) electrons. The van der Waals surface area contributed by atoms with Crippen molar-refractivity contribution in [1.82, 2.24) is 19.7 Å². The number of rotatable bonds is 5. The summed E-state index contributed by atoms with van der Waals surface area (Å²) in [7, 11) is 0. The maximum atomic E-state index is 4.75. The third-order valence-corrected chi connectivity index (χ3v) is 5.47. The van der Waals surface area contributed by atoms with Crippen molar-refractivity contribution in [2.75, 3.05) is 0 Å². The van der Waals surface area contributed by atoms with Crippen molar-refractivity contribution >= 4 is 23.1 Å². The van der Waals surface area contributed by atoms with Crippen LogP contribution in [0.4, 0.5) is 0 Å². The predicted molar refractivity (Wildman–Crippen MR) is 97.0 cm³/mol. The molecule has 0 amide bonds. The van der Waals surface area contributed by atoms with Crippen LogP contribution >= 0.6 is 23.1 Å². The van der Waals surface area contributed by atoms with E-state index in [0.717, 1.165) is 27.4 Å². The Morgan fingerprint density at radius 1 is 1.13 bits per heavy atom. The molecular formula is C17H20N4S2. The molecule has 2 aromatic heterocycles. The zero-order chi connectivity index (χ0) is 16.4. The van der Waals surface area contributed by atoms with E-state index < -0.39 is 0 Å². The Labute approximate surface area is 145 Å². The summed E-state index contributed by atoms with van der Waals surface area (Å²) in [5.74, 6) is 1.77. The van der Waals surface area contributed by atoms with Crippen molar-refractivity contribution in [3.05, 3.63) is 46.7 Å². The summed E-state index contributed by atoms with van der Waals surface area (Å²) in [6.07, 6.45) is 0. The molecule has 3 aromatic rings. The monoisotopic (exact) mass is 344 g/mol. The molecule has 0 atom stereocenters. The Balaban J connectivity index is 1.71. The molecule has 0 spiro atoms. The molecule has 0 aliphatic carbocycles. The first-order chi connectivity index (χ1) is 11.0. The molecule has 0 saturated heterocycles. The Morgan fingerprint density at radius 3 is 2.57 bits per heavy atom. The van der Waals surface area contributed by atoms with Gasteiger partial charge in [-0.3, -0.25) is 0 Å². The van der Waals surface area contributed by atoms with Crippen molar-refractivity contribution in [1.29, 1.82) is 0 Å². The first-order valence-electron chi connectivity index (χ1n) is 7.60. The molecule has 0 aliphatic rings. The summed E-state index contributed by atoms with van der Waals surface area (Å²) in [5, 5.41) is 12.6. The standard InChI is InChI=1S/C17H20N4S2/c1-11(2)21-13(4)19-20-17(21)23-10-15-9-22-16(18-15)14-7-5-12(3)6-8-14/h5-9,11H,10H2,1-4H3. The molecule has 0 unspecified atom stereocenters. The second-order valence-electron chi connectivity index (χ2n) is 5.79. The first-order valence-corrected chi connectivity index (χ1v) is 9.47. The van der Waals surface area contributed by atoms with Gasteiger partial charge in [-0.1, -0.05) is 41.6 Å². The number of thiazole rings is 1. The van der Waals surface area contributed by atoms with E-state index in [1.165, 1.54) is 11.1 Å². The van der Waals surface area contributed by atoms with Gasteiger partial charge >= 0.3 is 0 Å². The van der Waals surface area contributed by atoms with Crippen LogP contribution in [0.5, 0.6) is 0 Å². The number of hydrogen-bond acceptors (Lipinski definition) is 5. The van der Waals surface area contributed by atoms with E-state index in [2.05, 4.69) is 65.2 Å². The lowest BCUT2D eigenvalue weighted by atomic mass is 10.2. The van der Waals surface area contributed by atoms with Gasteiger partial charge in [-0.2, -0.15) is 0 Å². The van der Waals surface area contributed by atoms with E-state index >= 15 is 0 Å². The average Bonchev–Trinajstić information content (AvgIpc) is 3.12. The van der Waals surface area contributed by atoms with Crippen LogP contribution in [0.2, 0.25) is 0 Å². The summed E-state index contributed by atoms with van der Waals surface area (Å²) in [5.41, 5.74) is 3.54. The molecule has 2 heterocycles. The van der Waals surface area contributed by atoms with Crippen LogP contribution in [0.1, 0.15) is 37.0 Å². The Morgan fingerprint density at radius 2 is 1.87 bits per heavy atom. The van der Waals surface area contributed by atoms with E-state index in [1.54, 1.807) is 23.1 Å². The summed E-state index contributed by atoms with van der Waals surface area (Å²) < 4.78 is 2.16. The quantitative estimate of drug-likeness (QED) is 0.618. The summed E-state index contributed by atoms with van der Waals surface area (Å²) >= 11 is 3.39. The minimum atomic E-state index is 0.367. The molecule has 4 nitrogen and oxygen atoms in total. The molecule has 3 rings (SSSR count). The molecule has 120 valence electrons. The Bertz CT molecular complexity index is 787. The van der Waals surface area contributed by atoms with E-state index in [-0.39, 0.29) is 0 Å². The van der Waals surface area contributed by atoms with Crippen LogP contribution < -0.4 is 0 Å². The van der Waals surface area contributed by atoms with Gasteiger partial charge in [-0.25, -0.2) is 4.98 Å². The van der Waals surface area contributed by atoms with Gasteiger partial charge in [-0.05, 0) is 27.7 Å². The second-order valence-corrected chi connectivity index (χ2v) is 7.59. The molecule has 0 fully saturated rings. The van der Waals surface area contributed by atoms with Gasteiger partial charge in [0, 0.05) is 22.7 Å². The van der Waals surface area contributed by atoms with Crippen molar-refractivity contribution in [2.24, 2.45) is 0 Å². The third-order valence-electron chi connectivity index (χ3n) is 3.55. The van der Waals surface area contributed by atoms with Crippen molar-refractivity contribution in [3.63, 3.8) is 0 Å². The molecule has 1 aromatic carbocycles. The number of nitrogens with zero attached hydrogens (tertiary/aromatic N) is 4. The fourth-order valence-electron chi connectivity index (χ4n) is 2.38. The number of aryl methyl sites for hydroxylation is 2. The smallest absolute Gasteiger partial charge is 0.191 e. The summed E-state index contributed by atoms with van der Waals surface area (Å²) in [6, 6.07) is 8.87. The van der Waals surface area contributed by atoms with Crippen LogP contribution in [0.25, 0.3) is 10.6 Å². The molecule has 6 heteroatoms. The minimum absolute atomic E-state index is 0.367. The normalized spacial score (nSPS) is 11.3. The number of benzene rings is 1. The molecule has 0 saturated carbocycles. The average molecular weight is 345 g/mol. The molecular weight excluding hydrogens is 324 g/mol. The van der Waals surface area contributed by atoms with Crippen molar-refractivity contribution in [2.45, 2.75) is 44.6 Å². The predicted octanol–water partition coefficient (Wildman–Crippen LogP) is 4.89. The lowest BCUT2D eigenvalue weighted by Gasteiger charge is -2.11. The second kappa shape index (κ2) is 6.84. The van der Waals surface area contributed by atoms with Gasteiger partial charge in [0.2, 0.25) is 0 Å². The summed E-state index contributed by atoms with van der Waals surface area (Å²) in [6.45, 7) is 8.40. The van der Waals surface area contributed by atoms with Crippen LogP contribution in [0.15, 0.2) is 34.8 Å². The van der Waals surface area contributed by atoms with Gasteiger partial charge in [0.15, 0.2) is 5.16 Å². The van der Waals surface area contributed by atoms with Crippen LogP contribution in [0.3, 0.4) is 0 Å². The number of thioether (sulfide) groups is 1. The van der Waals surface area contributed by atoms with Crippen molar-refractivity contribution in [3.8, 4) is 10.6 Å². The highest BCUT2D eigenvalue weighted by molar-refractivity contribution is 7.98. The molecule has 23 heavy (non-hydrogen) atoms. The highest BCUT2D eigenvalue weighted by Crippen LogP contribution is 2.28. The van der Waals surface area contributed by atoms with Gasteiger partial charge in [0.05, 0.1) is 5.69 Å². The fourth-order valence-corrected chi connectivity index (χ4v) is 4.32. The maximum absolute atomic E-state index is 4.75. The summed E-state index contributed by atoms with van der Waals surface area (Å²) in [4.78, 5) is 4.75. The van der Waals surface area contributed by atoms with Crippen LogP contribution in [-0.4, -0.2) is 19.7 Å². The molecule has 0 aliphatic heterocycles. The first kappa shape index (κ1) is 16.2. The third kappa shape index (κ3) is 3.64. The number of aromatic nitrogens is 4. The Hall–Kier alpha value is -1.66. The zero-order valence-electron chi connectivity index (χ0n) is 13.8. The lowest BCUT2D eigenvalue weighted by molar-refractivity contribution is 0.536. The van der Waals surface area contributed by atoms with E-state index in [0.29, 0.717) is 6.04 Å². The molecule has 0 N–H and O–H groups in total. The Kier molecular flexibility index (Phi) is 4.82. The van der Waals surface area contributed by atoms with E-state index in [9.17, 15) is 0 Å². The highest BCUT2D eigenvalue weighted by atomic mass is 32.2. The van der Waals surface area contributed by atoms with Gasteiger partial charge in [0.25, 0.3) is 0 Å². The lowest BCUT2D eigenvalue weighted by Crippen LogP contribution is -2.04. The van der Waals surface area contributed by atoms with Gasteiger partial charge in [-0.15, -0.1) is 21.5 Å². The zero-order valence-corrected chi connectivity index (χ0v) is 15.4. The van der Waals surface area contributed by atoms with Gasteiger partial charge in [0.1, 0.15) is 10.8 Å². The van der Waals surface area contributed by atoms with E-state index in [4.69, 9.17) is 4.98 Å². The van der Waals surface area contributed by atoms with Crippen LogP contribution in [0, 0.1) is 13.8 Å². The van der Waals surface area contributed by atoms with Crippen molar-refractivity contribution < 1.29 is 0 Å². The van der Waals surface area contributed by atoms with Crippen LogP contribution in [-0.2, 0) is 5.75 Å². The minimum Gasteiger partial charge on any atom is -0.304 e. The SMILES string of the molecule is Cc1ccc(-c2nc(CSc3nnc(C)n3C(C)C)cs2)cc1. The largest absolute Gasteiger partial charge is 0.304 e. The number of hydrogen-bond donors (Lipinski definition) is 0. The highest BCUT2D eigenvalue weighted by Gasteiger charge is 2.13. The topological polar surface area (TPSA) is 43.6 Å². The molecule has 0 bridgehead atoms. The van der Waals surface area contributed by atoms with Gasteiger partial charge < -0.3 is 4.57 Å².